The molecule has 1 amide bonds. The molecule has 2 aromatic carbocycles. The van der Waals surface area contributed by atoms with Gasteiger partial charge in [0.05, 0.1) is 30.6 Å². The van der Waals surface area contributed by atoms with Crippen LogP contribution in [0.25, 0.3) is 10.2 Å². The second-order valence-corrected chi connectivity index (χ2v) is 10.2. The summed E-state index contributed by atoms with van der Waals surface area (Å²) in [6.07, 6.45) is 0.876. The van der Waals surface area contributed by atoms with Gasteiger partial charge >= 0.3 is 0 Å². The minimum absolute atomic E-state index is 0. The molecule has 34 heavy (non-hydrogen) atoms. The van der Waals surface area contributed by atoms with E-state index >= 15 is 0 Å². The number of benzene rings is 2. The maximum absolute atomic E-state index is 13.9. The van der Waals surface area contributed by atoms with Crippen LogP contribution in [0.4, 0.5) is 5.13 Å². The molecule has 0 bridgehead atoms. The molecule has 0 unspecified atom stereocenters. The summed E-state index contributed by atoms with van der Waals surface area (Å²) in [4.78, 5) is 24.0. The number of thioether (sulfide) groups is 1. The summed E-state index contributed by atoms with van der Waals surface area (Å²) < 4.78 is 12.1. The van der Waals surface area contributed by atoms with Crippen molar-refractivity contribution in [1.82, 2.24) is 9.88 Å². The number of aromatic nitrogens is 1. The van der Waals surface area contributed by atoms with Crippen molar-refractivity contribution in [3.05, 3.63) is 47.5 Å². The summed E-state index contributed by atoms with van der Waals surface area (Å²) in [5, 5.41) is 0.723. The minimum atomic E-state index is 0. The van der Waals surface area contributed by atoms with E-state index < -0.39 is 0 Å². The summed E-state index contributed by atoms with van der Waals surface area (Å²) in [6.45, 7) is 9.18. The van der Waals surface area contributed by atoms with E-state index in [1.807, 2.05) is 41.3 Å². The van der Waals surface area contributed by atoms with Crippen LogP contribution >= 0.6 is 35.5 Å². The first-order chi connectivity index (χ1) is 16.1. The number of anilines is 1. The van der Waals surface area contributed by atoms with E-state index in [2.05, 4.69) is 18.7 Å². The molecule has 1 fully saturated rings. The number of ether oxygens (including phenoxy) is 2. The Morgan fingerprint density at radius 2 is 2.00 bits per heavy atom. The molecule has 6 nitrogen and oxygen atoms in total. The number of halogens is 1. The van der Waals surface area contributed by atoms with Crippen molar-refractivity contribution in [2.45, 2.75) is 25.2 Å². The number of nitrogens with zero attached hydrogens (tertiary/aromatic N) is 3. The standard InChI is InChI=1S/C25H31N3O3S2.ClH/c1-4-32-21-9-6-5-8-19(21)24(29)28(13-7-12-27-14-16-31-17-15-27)25-26-22-20(30-3)11-10-18(2)23(22)33-25;/h5-6,8-11H,4,7,12-17H2,1-3H3;1H. The highest BCUT2D eigenvalue weighted by molar-refractivity contribution is 7.99. The van der Waals surface area contributed by atoms with Gasteiger partial charge in [-0.3, -0.25) is 14.6 Å². The Bertz CT molecular complexity index is 1100. The van der Waals surface area contributed by atoms with Crippen molar-refractivity contribution in [1.29, 1.82) is 0 Å². The van der Waals surface area contributed by atoms with E-state index in [-0.39, 0.29) is 18.3 Å². The van der Waals surface area contributed by atoms with Crippen molar-refractivity contribution >= 4 is 56.8 Å². The first-order valence-corrected chi connectivity index (χ1v) is 13.2. The summed E-state index contributed by atoms with van der Waals surface area (Å²) in [5.41, 5.74) is 2.69. The Kier molecular flexibility index (Phi) is 10.0. The topological polar surface area (TPSA) is 54.9 Å². The fraction of sp³-hybridized carbons (Fsp3) is 0.440. The molecule has 1 saturated heterocycles. The lowest BCUT2D eigenvalue weighted by molar-refractivity contribution is 0.0376. The van der Waals surface area contributed by atoms with E-state index in [9.17, 15) is 4.79 Å². The zero-order valence-corrected chi connectivity index (χ0v) is 22.4. The minimum Gasteiger partial charge on any atom is -0.494 e. The lowest BCUT2D eigenvalue weighted by Gasteiger charge is -2.28. The maximum Gasteiger partial charge on any atom is 0.261 e. The van der Waals surface area contributed by atoms with Crippen molar-refractivity contribution in [3.8, 4) is 5.75 Å². The van der Waals surface area contributed by atoms with Crippen LogP contribution in [0.5, 0.6) is 5.75 Å². The SMILES string of the molecule is CCSc1ccccc1C(=O)N(CCCN1CCOCC1)c1nc2c(OC)ccc(C)c2s1.Cl. The van der Waals surface area contributed by atoms with Crippen molar-refractivity contribution in [2.75, 3.05) is 57.2 Å². The van der Waals surface area contributed by atoms with E-state index in [1.165, 1.54) is 0 Å². The third-order valence-electron chi connectivity index (χ3n) is 5.77. The van der Waals surface area contributed by atoms with Gasteiger partial charge in [-0.2, -0.15) is 0 Å². The van der Waals surface area contributed by atoms with Crippen molar-refractivity contribution < 1.29 is 14.3 Å². The molecule has 0 atom stereocenters. The van der Waals surface area contributed by atoms with Crippen LogP contribution in [0.15, 0.2) is 41.3 Å². The first kappa shape index (κ1) is 26.8. The van der Waals surface area contributed by atoms with Gasteiger partial charge in [-0.15, -0.1) is 24.2 Å². The summed E-state index contributed by atoms with van der Waals surface area (Å²) in [6, 6.07) is 11.9. The molecular weight excluding hydrogens is 490 g/mol. The van der Waals surface area contributed by atoms with Crippen LogP contribution in [0.1, 0.15) is 29.3 Å². The van der Waals surface area contributed by atoms with E-state index in [1.54, 1.807) is 30.2 Å². The molecule has 0 aliphatic carbocycles. The van der Waals surface area contributed by atoms with Crippen molar-refractivity contribution in [2.24, 2.45) is 0 Å². The number of fused-ring (bicyclic) bond motifs is 1. The Balaban J connectivity index is 0.00000324. The van der Waals surface area contributed by atoms with Crippen LogP contribution in [-0.2, 0) is 4.74 Å². The number of rotatable bonds is 9. The predicted octanol–water partition coefficient (Wildman–Crippen LogP) is 5.52. The quantitative estimate of drug-likeness (QED) is 0.346. The Morgan fingerprint density at radius 1 is 1.24 bits per heavy atom. The average Bonchev–Trinajstić information content (AvgIpc) is 3.29. The summed E-state index contributed by atoms with van der Waals surface area (Å²) >= 11 is 3.26. The van der Waals surface area contributed by atoms with E-state index in [0.29, 0.717) is 6.54 Å². The maximum atomic E-state index is 13.9. The van der Waals surface area contributed by atoms with Gasteiger partial charge in [-0.25, -0.2) is 4.98 Å². The van der Waals surface area contributed by atoms with Gasteiger partial charge in [0.2, 0.25) is 0 Å². The van der Waals surface area contributed by atoms with Crippen LogP contribution in [0.3, 0.4) is 0 Å². The molecule has 0 saturated carbocycles. The van der Waals surface area contributed by atoms with E-state index in [4.69, 9.17) is 14.5 Å². The molecule has 2 heterocycles. The average molecular weight is 522 g/mol. The Morgan fingerprint density at radius 3 is 2.74 bits per heavy atom. The number of aryl methyl sites for hydroxylation is 1. The molecule has 184 valence electrons. The lowest BCUT2D eigenvalue weighted by atomic mass is 10.2. The van der Waals surface area contributed by atoms with Gasteiger partial charge in [0, 0.05) is 31.1 Å². The van der Waals surface area contributed by atoms with Crippen LogP contribution in [0.2, 0.25) is 0 Å². The van der Waals surface area contributed by atoms with E-state index in [0.717, 1.165) is 82.1 Å². The van der Waals surface area contributed by atoms with Gasteiger partial charge in [0.1, 0.15) is 11.3 Å². The van der Waals surface area contributed by atoms with Crippen LogP contribution < -0.4 is 9.64 Å². The number of amides is 1. The number of hydrogen-bond donors (Lipinski definition) is 0. The molecule has 9 heteroatoms. The molecule has 1 aliphatic rings. The van der Waals surface area contributed by atoms with Gasteiger partial charge < -0.3 is 9.47 Å². The molecule has 0 spiro atoms. The molecule has 1 aromatic heterocycles. The van der Waals surface area contributed by atoms with Gasteiger partial charge in [0.25, 0.3) is 5.91 Å². The number of carbonyl (C=O) groups excluding carboxylic acids is 1. The third kappa shape index (κ3) is 6.04. The molecule has 0 N–H and O–H groups in total. The number of morpholine rings is 1. The molecule has 0 radical (unpaired) electrons. The number of methoxy groups -OCH3 is 1. The van der Waals surface area contributed by atoms with Crippen LogP contribution in [0, 0.1) is 6.92 Å². The highest BCUT2D eigenvalue weighted by Gasteiger charge is 2.25. The highest BCUT2D eigenvalue weighted by atomic mass is 35.5. The summed E-state index contributed by atoms with van der Waals surface area (Å²) in [7, 11) is 1.66. The molecule has 1 aliphatic heterocycles. The monoisotopic (exact) mass is 521 g/mol. The largest absolute Gasteiger partial charge is 0.494 e. The second-order valence-electron chi connectivity index (χ2n) is 7.95. The molecule has 3 aromatic rings. The first-order valence-electron chi connectivity index (χ1n) is 11.4. The zero-order chi connectivity index (χ0) is 23.2. The second kappa shape index (κ2) is 12.7. The smallest absolute Gasteiger partial charge is 0.261 e. The normalized spacial score (nSPS) is 14.1. The zero-order valence-electron chi connectivity index (χ0n) is 19.9. The Hall–Kier alpha value is -1.84. The number of thiazole rings is 1. The summed E-state index contributed by atoms with van der Waals surface area (Å²) in [5.74, 6) is 1.66. The molecule has 4 rings (SSSR count). The molecular formula is C25H32ClN3O3S2. The van der Waals surface area contributed by atoms with Gasteiger partial charge in [-0.1, -0.05) is 36.5 Å². The third-order valence-corrected chi connectivity index (χ3v) is 7.93. The lowest BCUT2D eigenvalue weighted by Crippen LogP contribution is -2.39. The number of hydrogen-bond acceptors (Lipinski definition) is 7. The fourth-order valence-electron chi connectivity index (χ4n) is 4.01. The van der Waals surface area contributed by atoms with Gasteiger partial charge in [0.15, 0.2) is 5.13 Å². The Labute approximate surface area is 216 Å². The van der Waals surface area contributed by atoms with Crippen LogP contribution in [-0.4, -0.2) is 68.0 Å². The fourth-order valence-corrected chi connectivity index (χ4v) is 5.88. The highest BCUT2D eigenvalue weighted by Crippen LogP contribution is 2.37. The predicted molar refractivity (Wildman–Crippen MR) is 145 cm³/mol. The number of carbonyl (C=O) groups is 1. The van der Waals surface area contributed by atoms with Crippen molar-refractivity contribution in [3.63, 3.8) is 0 Å². The van der Waals surface area contributed by atoms with Gasteiger partial charge in [-0.05, 0) is 42.9 Å².